The van der Waals surface area contributed by atoms with Crippen molar-refractivity contribution < 1.29 is 14.3 Å². The third-order valence-electron chi connectivity index (χ3n) is 3.63. The van der Waals surface area contributed by atoms with Gasteiger partial charge < -0.3 is 19.4 Å². The zero-order valence-electron chi connectivity index (χ0n) is 13.7. The van der Waals surface area contributed by atoms with Gasteiger partial charge in [-0.05, 0) is 39.3 Å². The van der Waals surface area contributed by atoms with E-state index in [2.05, 4.69) is 15.0 Å². The first-order chi connectivity index (χ1) is 10.9. The minimum atomic E-state index is -0.465. The number of nitrogens with zero attached hydrogens (tertiary/aromatic N) is 3. The van der Waals surface area contributed by atoms with Crippen molar-refractivity contribution >= 4 is 17.3 Å². The van der Waals surface area contributed by atoms with Crippen LogP contribution < -0.4 is 4.74 Å². The second-order valence-electron chi connectivity index (χ2n) is 6.81. The predicted octanol–water partition coefficient (Wildman–Crippen LogP) is 2.59. The van der Waals surface area contributed by atoms with Gasteiger partial charge in [0.05, 0.1) is 12.1 Å². The van der Waals surface area contributed by atoms with Crippen LogP contribution in [0, 0.1) is 5.92 Å². The number of H-pyrrole nitrogens is 1. The van der Waals surface area contributed by atoms with Crippen molar-refractivity contribution in [2.75, 3.05) is 19.7 Å². The summed E-state index contributed by atoms with van der Waals surface area (Å²) in [5, 5.41) is 0. The molecule has 0 saturated carbocycles. The Morgan fingerprint density at radius 3 is 3.04 bits per heavy atom. The van der Waals surface area contributed by atoms with Crippen molar-refractivity contribution in [3.63, 3.8) is 0 Å². The molecule has 23 heavy (non-hydrogen) atoms. The molecule has 3 heterocycles. The van der Waals surface area contributed by atoms with Crippen LogP contribution in [-0.4, -0.2) is 51.2 Å². The van der Waals surface area contributed by atoms with Crippen molar-refractivity contribution in [1.82, 2.24) is 19.9 Å². The van der Waals surface area contributed by atoms with Crippen LogP contribution in [0.15, 0.2) is 18.3 Å². The first-order valence-corrected chi connectivity index (χ1v) is 7.82. The molecule has 124 valence electrons. The Bertz CT molecular complexity index is 659. The fourth-order valence-electron chi connectivity index (χ4n) is 2.55. The van der Waals surface area contributed by atoms with Gasteiger partial charge >= 0.3 is 6.09 Å². The maximum atomic E-state index is 12.0. The summed E-state index contributed by atoms with van der Waals surface area (Å²) >= 11 is 0. The van der Waals surface area contributed by atoms with E-state index in [1.54, 1.807) is 11.1 Å². The Hall–Kier alpha value is -2.31. The van der Waals surface area contributed by atoms with Crippen molar-refractivity contribution in [1.29, 1.82) is 0 Å². The fraction of sp³-hybridized carbons (Fsp3) is 0.562. The molecular formula is C16H22N4O3. The van der Waals surface area contributed by atoms with E-state index in [-0.39, 0.29) is 12.0 Å². The van der Waals surface area contributed by atoms with Crippen molar-refractivity contribution in [3.8, 4) is 6.01 Å². The Morgan fingerprint density at radius 2 is 2.30 bits per heavy atom. The summed E-state index contributed by atoms with van der Waals surface area (Å²) in [6.45, 7) is 7.47. The molecule has 7 nitrogen and oxygen atoms in total. The van der Waals surface area contributed by atoms with E-state index in [9.17, 15) is 4.79 Å². The first kappa shape index (κ1) is 15.6. The molecule has 2 aromatic rings. The SMILES string of the molecule is CC(C)(C)OC(=O)N1CCC(COc2nc3ncccc3[nH]2)C1. The first-order valence-electron chi connectivity index (χ1n) is 7.82. The van der Waals surface area contributed by atoms with Gasteiger partial charge in [-0.15, -0.1) is 0 Å². The van der Waals surface area contributed by atoms with Gasteiger partial charge in [-0.25, -0.2) is 9.78 Å². The topological polar surface area (TPSA) is 80.3 Å². The van der Waals surface area contributed by atoms with E-state index in [0.29, 0.717) is 31.4 Å². The normalized spacial score (nSPS) is 18.4. The lowest BCUT2D eigenvalue weighted by Crippen LogP contribution is -2.35. The molecule has 1 aliphatic heterocycles. The number of nitrogens with one attached hydrogen (secondary N) is 1. The highest BCUT2D eigenvalue weighted by atomic mass is 16.6. The van der Waals surface area contributed by atoms with Crippen molar-refractivity contribution in [2.45, 2.75) is 32.8 Å². The average molecular weight is 318 g/mol. The Morgan fingerprint density at radius 1 is 1.48 bits per heavy atom. The lowest BCUT2D eigenvalue weighted by Gasteiger charge is -2.24. The van der Waals surface area contributed by atoms with Gasteiger partial charge in [0.1, 0.15) is 5.60 Å². The zero-order valence-corrected chi connectivity index (χ0v) is 13.7. The van der Waals surface area contributed by atoms with E-state index < -0.39 is 5.60 Å². The Kier molecular flexibility index (Phi) is 4.11. The molecule has 3 rings (SSSR count). The Labute approximate surface area is 135 Å². The number of carbonyl (C=O) groups excluding carboxylic acids is 1. The third kappa shape index (κ3) is 3.91. The van der Waals surface area contributed by atoms with E-state index in [4.69, 9.17) is 9.47 Å². The van der Waals surface area contributed by atoms with E-state index in [0.717, 1.165) is 11.9 Å². The summed E-state index contributed by atoms with van der Waals surface area (Å²) in [5.41, 5.74) is 1.03. The summed E-state index contributed by atoms with van der Waals surface area (Å²) in [6.07, 6.45) is 2.34. The van der Waals surface area contributed by atoms with Crippen LogP contribution in [0.1, 0.15) is 27.2 Å². The second kappa shape index (κ2) is 6.06. The van der Waals surface area contributed by atoms with Crippen LogP contribution in [0.2, 0.25) is 0 Å². The number of aromatic amines is 1. The number of hydrogen-bond donors (Lipinski definition) is 1. The predicted molar refractivity (Wildman–Crippen MR) is 85.3 cm³/mol. The molecule has 1 amide bonds. The van der Waals surface area contributed by atoms with E-state index in [1.807, 2.05) is 32.9 Å². The average Bonchev–Trinajstić information content (AvgIpc) is 3.09. The molecular weight excluding hydrogens is 296 g/mol. The van der Waals surface area contributed by atoms with Crippen LogP contribution >= 0.6 is 0 Å². The number of carbonyl (C=O) groups is 1. The van der Waals surface area contributed by atoms with Gasteiger partial charge in [-0.1, -0.05) is 0 Å². The summed E-state index contributed by atoms with van der Waals surface area (Å²) < 4.78 is 11.1. The monoisotopic (exact) mass is 318 g/mol. The number of fused-ring (bicyclic) bond motifs is 1. The maximum Gasteiger partial charge on any atom is 0.410 e. The minimum absolute atomic E-state index is 0.257. The van der Waals surface area contributed by atoms with Crippen LogP contribution in [0.4, 0.5) is 4.79 Å². The lowest BCUT2D eigenvalue weighted by molar-refractivity contribution is 0.0284. The van der Waals surface area contributed by atoms with Crippen LogP contribution in [0.3, 0.4) is 0 Å². The summed E-state index contributed by atoms with van der Waals surface area (Å²) in [5.74, 6) is 0.281. The minimum Gasteiger partial charge on any atom is -0.464 e. The molecule has 1 N–H and O–H groups in total. The lowest BCUT2D eigenvalue weighted by atomic mass is 10.1. The zero-order chi connectivity index (χ0) is 16.4. The summed E-state index contributed by atoms with van der Waals surface area (Å²) in [4.78, 5) is 25.3. The number of rotatable bonds is 3. The van der Waals surface area contributed by atoms with E-state index in [1.165, 1.54) is 0 Å². The number of pyridine rings is 1. The molecule has 0 aromatic carbocycles. The molecule has 0 bridgehead atoms. The van der Waals surface area contributed by atoms with Gasteiger partial charge in [0.2, 0.25) is 0 Å². The van der Waals surface area contributed by atoms with Crippen molar-refractivity contribution in [2.24, 2.45) is 5.92 Å². The molecule has 0 radical (unpaired) electrons. The molecule has 1 fully saturated rings. The van der Waals surface area contributed by atoms with E-state index >= 15 is 0 Å². The highest BCUT2D eigenvalue weighted by Crippen LogP contribution is 2.21. The maximum absolute atomic E-state index is 12.0. The fourth-order valence-corrected chi connectivity index (χ4v) is 2.55. The highest BCUT2D eigenvalue weighted by Gasteiger charge is 2.30. The summed E-state index contributed by atoms with van der Waals surface area (Å²) in [6, 6.07) is 4.22. The van der Waals surface area contributed by atoms with Gasteiger partial charge in [0.15, 0.2) is 5.65 Å². The van der Waals surface area contributed by atoms with Gasteiger partial charge in [0.25, 0.3) is 6.01 Å². The summed E-state index contributed by atoms with van der Waals surface area (Å²) in [7, 11) is 0. The number of ether oxygens (including phenoxy) is 2. The Balaban J connectivity index is 1.51. The number of hydrogen-bond acceptors (Lipinski definition) is 5. The number of likely N-dealkylation sites (tertiary alicyclic amines) is 1. The highest BCUT2D eigenvalue weighted by molar-refractivity contribution is 5.70. The number of imidazole rings is 1. The standard InChI is InChI=1S/C16H22N4O3/c1-16(2,3)23-15(21)20-8-6-11(9-20)10-22-14-18-12-5-4-7-17-13(12)19-14/h4-5,7,11H,6,8-10H2,1-3H3,(H,17,18,19). The second-order valence-corrected chi connectivity index (χ2v) is 6.81. The quantitative estimate of drug-likeness (QED) is 0.941. The molecule has 1 atom stereocenters. The smallest absolute Gasteiger partial charge is 0.410 e. The van der Waals surface area contributed by atoms with Crippen LogP contribution in [0.5, 0.6) is 6.01 Å². The number of amides is 1. The molecule has 0 spiro atoms. The molecule has 1 aliphatic rings. The van der Waals surface area contributed by atoms with Gasteiger partial charge in [0, 0.05) is 25.2 Å². The largest absolute Gasteiger partial charge is 0.464 e. The molecule has 7 heteroatoms. The molecule has 0 aliphatic carbocycles. The number of aromatic nitrogens is 3. The molecule has 1 unspecified atom stereocenters. The third-order valence-corrected chi connectivity index (χ3v) is 3.63. The van der Waals surface area contributed by atoms with Crippen LogP contribution in [-0.2, 0) is 4.74 Å². The molecule has 2 aromatic heterocycles. The van der Waals surface area contributed by atoms with Gasteiger partial charge in [-0.2, -0.15) is 4.98 Å². The van der Waals surface area contributed by atoms with Gasteiger partial charge in [-0.3, -0.25) is 0 Å². The van der Waals surface area contributed by atoms with Crippen molar-refractivity contribution in [3.05, 3.63) is 18.3 Å². The van der Waals surface area contributed by atoms with Crippen LogP contribution in [0.25, 0.3) is 11.2 Å². The molecule has 1 saturated heterocycles.